The molecule has 0 saturated heterocycles. The lowest BCUT2D eigenvalue weighted by Crippen LogP contribution is -2.38. The number of aliphatic imine (C=N–C) groups is 1. The molecular weight excluding hydrogens is 266 g/mol. The van der Waals surface area contributed by atoms with Crippen molar-refractivity contribution in [3.8, 4) is 5.75 Å². The molecule has 112 valence electrons. The first kappa shape index (κ1) is 14.9. The van der Waals surface area contributed by atoms with Gasteiger partial charge in [0.25, 0.3) is 0 Å². The van der Waals surface area contributed by atoms with Crippen LogP contribution >= 0.6 is 0 Å². The van der Waals surface area contributed by atoms with Crippen LogP contribution in [0.3, 0.4) is 0 Å². The molecule has 0 fully saturated rings. The number of hydrogen-bond acceptors (Lipinski definition) is 3. The highest BCUT2D eigenvalue weighted by atomic mass is 16.5. The van der Waals surface area contributed by atoms with E-state index in [1.165, 1.54) is 5.56 Å². The Balaban J connectivity index is 1.74. The molecule has 0 amide bonds. The maximum atomic E-state index is 5.14. The van der Waals surface area contributed by atoms with Gasteiger partial charge in [-0.05, 0) is 23.8 Å². The Bertz CT molecular complexity index is 548. The number of aromatic nitrogens is 2. The van der Waals surface area contributed by atoms with Crippen LogP contribution in [-0.4, -0.2) is 36.4 Å². The second-order valence-corrected chi connectivity index (χ2v) is 4.47. The van der Waals surface area contributed by atoms with Crippen molar-refractivity contribution in [2.24, 2.45) is 4.99 Å². The fourth-order valence-corrected chi connectivity index (χ4v) is 1.87. The maximum absolute atomic E-state index is 5.14. The highest BCUT2D eigenvalue weighted by molar-refractivity contribution is 5.79. The van der Waals surface area contributed by atoms with E-state index in [4.69, 9.17) is 4.74 Å². The molecule has 0 atom stereocenters. The molecule has 1 aromatic heterocycles. The van der Waals surface area contributed by atoms with Gasteiger partial charge in [0.1, 0.15) is 5.75 Å². The maximum Gasteiger partial charge on any atom is 0.191 e. The first-order chi connectivity index (χ1) is 10.3. The molecular formula is C15H21N5O. The summed E-state index contributed by atoms with van der Waals surface area (Å²) in [5, 5.41) is 10.7. The van der Waals surface area contributed by atoms with Gasteiger partial charge >= 0.3 is 0 Å². The van der Waals surface area contributed by atoms with Crippen molar-refractivity contribution in [3.63, 3.8) is 0 Å². The van der Waals surface area contributed by atoms with Crippen LogP contribution in [0.4, 0.5) is 0 Å². The van der Waals surface area contributed by atoms with Gasteiger partial charge in [0.05, 0.1) is 13.7 Å². The van der Waals surface area contributed by atoms with Crippen molar-refractivity contribution >= 4 is 5.96 Å². The van der Waals surface area contributed by atoms with E-state index in [0.717, 1.165) is 24.8 Å². The van der Waals surface area contributed by atoms with E-state index >= 15 is 0 Å². The van der Waals surface area contributed by atoms with Crippen LogP contribution in [0, 0.1) is 0 Å². The smallest absolute Gasteiger partial charge is 0.191 e. The Kier molecular flexibility index (Phi) is 5.63. The SMILES string of the molecule is CN=C(NCCn1cccn1)NCc1ccc(OC)cc1. The Morgan fingerprint density at radius 3 is 2.71 bits per heavy atom. The van der Waals surface area contributed by atoms with Gasteiger partial charge in [0.15, 0.2) is 5.96 Å². The minimum Gasteiger partial charge on any atom is -0.497 e. The summed E-state index contributed by atoms with van der Waals surface area (Å²) >= 11 is 0. The number of guanidine groups is 1. The van der Waals surface area contributed by atoms with Crippen molar-refractivity contribution in [1.29, 1.82) is 0 Å². The molecule has 0 aliphatic rings. The van der Waals surface area contributed by atoms with Crippen LogP contribution < -0.4 is 15.4 Å². The van der Waals surface area contributed by atoms with Crippen LogP contribution in [0.2, 0.25) is 0 Å². The van der Waals surface area contributed by atoms with Crippen molar-refractivity contribution in [1.82, 2.24) is 20.4 Å². The number of rotatable bonds is 6. The molecule has 0 aliphatic carbocycles. The van der Waals surface area contributed by atoms with Crippen LogP contribution in [0.25, 0.3) is 0 Å². The Hall–Kier alpha value is -2.50. The van der Waals surface area contributed by atoms with Gasteiger partial charge in [-0.2, -0.15) is 5.10 Å². The zero-order chi connectivity index (χ0) is 14.9. The molecule has 1 heterocycles. The summed E-state index contributed by atoms with van der Waals surface area (Å²) < 4.78 is 7.02. The molecule has 0 aliphatic heterocycles. The lowest BCUT2D eigenvalue weighted by Gasteiger charge is -2.12. The van der Waals surface area contributed by atoms with E-state index in [1.54, 1.807) is 20.4 Å². The largest absolute Gasteiger partial charge is 0.497 e. The van der Waals surface area contributed by atoms with Gasteiger partial charge in [-0.1, -0.05) is 12.1 Å². The van der Waals surface area contributed by atoms with E-state index in [1.807, 2.05) is 41.2 Å². The van der Waals surface area contributed by atoms with Crippen molar-refractivity contribution in [2.75, 3.05) is 20.7 Å². The number of ether oxygens (including phenoxy) is 1. The lowest BCUT2D eigenvalue weighted by atomic mass is 10.2. The van der Waals surface area contributed by atoms with Gasteiger partial charge in [0, 0.05) is 32.5 Å². The molecule has 1 aromatic carbocycles. The van der Waals surface area contributed by atoms with Crippen LogP contribution in [-0.2, 0) is 13.1 Å². The van der Waals surface area contributed by atoms with Crippen molar-refractivity contribution in [3.05, 3.63) is 48.3 Å². The molecule has 21 heavy (non-hydrogen) atoms. The normalized spacial score (nSPS) is 11.2. The number of nitrogens with zero attached hydrogens (tertiary/aromatic N) is 3. The minimum absolute atomic E-state index is 0.714. The molecule has 0 unspecified atom stereocenters. The van der Waals surface area contributed by atoms with Gasteiger partial charge in [0.2, 0.25) is 0 Å². The molecule has 0 saturated carbocycles. The molecule has 6 nitrogen and oxygen atoms in total. The predicted octanol–water partition coefficient (Wildman–Crippen LogP) is 1.26. The average molecular weight is 287 g/mol. The highest BCUT2D eigenvalue weighted by Crippen LogP contribution is 2.10. The van der Waals surface area contributed by atoms with Gasteiger partial charge in [-0.15, -0.1) is 0 Å². The molecule has 0 bridgehead atoms. The zero-order valence-corrected chi connectivity index (χ0v) is 12.4. The second-order valence-electron chi connectivity index (χ2n) is 4.47. The standard InChI is InChI=1S/C15H21N5O/c1-16-15(17-9-11-20-10-3-8-19-20)18-12-13-4-6-14(21-2)7-5-13/h3-8,10H,9,11-12H2,1-2H3,(H2,16,17,18). The molecule has 6 heteroatoms. The summed E-state index contributed by atoms with van der Waals surface area (Å²) in [4.78, 5) is 4.20. The van der Waals surface area contributed by atoms with Crippen LogP contribution in [0.15, 0.2) is 47.7 Å². The summed E-state index contributed by atoms with van der Waals surface area (Å²) in [6.07, 6.45) is 3.71. The van der Waals surface area contributed by atoms with Gasteiger partial charge in [-0.25, -0.2) is 0 Å². The first-order valence-corrected chi connectivity index (χ1v) is 6.86. The minimum atomic E-state index is 0.714. The molecule has 2 aromatic rings. The summed E-state index contributed by atoms with van der Waals surface area (Å²) in [7, 11) is 3.43. The lowest BCUT2D eigenvalue weighted by molar-refractivity contribution is 0.414. The van der Waals surface area contributed by atoms with Crippen molar-refractivity contribution in [2.45, 2.75) is 13.1 Å². The summed E-state index contributed by atoms with van der Waals surface area (Å²) in [6.45, 7) is 2.28. The summed E-state index contributed by atoms with van der Waals surface area (Å²) in [5.41, 5.74) is 1.17. The third kappa shape index (κ3) is 4.83. The fourth-order valence-electron chi connectivity index (χ4n) is 1.87. The number of hydrogen-bond donors (Lipinski definition) is 2. The van der Waals surface area contributed by atoms with Gasteiger partial charge < -0.3 is 15.4 Å². The Morgan fingerprint density at radius 2 is 2.10 bits per heavy atom. The first-order valence-electron chi connectivity index (χ1n) is 6.86. The Labute approximate surface area is 124 Å². The van der Waals surface area contributed by atoms with Crippen LogP contribution in [0.5, 0.6) is 5.75 Å². The number of methoxy groups -OCH3 is 1. The summed E-state index contributed by atoms with van der Waals surface area (Å²) in [5.74, 6) is 1.64. The molecule has 2 N–H and O–H groups in total. The van der Waals surface area contributed by atoms with E-state index in [9.17, 15) is 0 Å². The zero-order valence-electron chi connectivity index (χ0n) is 12.4. The van der Waals surface area contributed by atoms with E-state index in [2.05, 4.69) is 20.7 Å². The van der Waals surface area contributed by atoms with Crippen LogP contribution in [0.1, 0.15) is 5.56 Å². The quantitative estimate of drug-likeness (QED) is 0.620. The topological polar surface area (TPSA) is 63.5 Å². The summed E-state index contributed by atoms with van der Waals surface area (Å²) in [6, 6.07) is 9.87. The van der Waals surface area contributed by atoms with Crippen molar-refractivity contribution < 1.29 is 4.74 Å². The van der Waals surface area contributed by atoms with E-state index in [-0.39, 0.29) is 0 Å². The highest BCUT2D eigenvalue weighted by Gasteiger charge is 1.99. The monoisotopic (exact) mass is 287 g/mol. The number of benzene rings is 1. The third-order valence-corrected chi connectivity index (χ3v) is 3.04. The average Bonchev–Trinajstić information content (AvgIpc) is 3.04. The third-order valence-electron chi connectivity index (χ3n) is 3.04. The fraction of sp³-hybridized carbons (Fsp3) is 0.333. The second kappa shape index (κ2) is 7.94. The predicted molar refractivity (Wildman–Crippen MR) is 83.4 cm³/mol. The number of nitrogens with one attached hydrogen (secondary N) is 2. The molecule has 0 spiro atoms. The molecule has 2 rings (SSSR count). The molecule has 0 radical (unpaired) electrons. The Morgan fingerprint density at radius 1 is 1.29 bits per heavy atom. The van der Waals surface area contributed by atoms with Gasteiger partial charge in [-0.3, -0.25) is 9.67 Å². The van der Waals surface area contributed by atoms with E-state index in [0.29, 0.717) is 6.54 Å². The van der Waals surface area contributed by atoms with E-state index < -0.39 is 0 Å².